The summed E-state index contributed by atoms with van der Waals surface area (Å²) in [5.74, 6) is 0.836. The number of benzene rings is 1. The number of nitrogens with two attached hydrogens (primary N) is 1. The maximum Gasteiger partial charge on any atom is 0.186 e. The second-order valence-electron chi connectivity index (χ2n) is 4.95. The molecule has 2 aliphatic rings. The van der Waals surface area contributed by atoms with Crippen LogP contribution in [0.1, 0.15) is 12.0 Å². The summed E-state index contributed by atoms with van der Waals surface area (Å²) in [6.45, 7) is 0. The van der Waals surface area contributed by atoms with Crippen molar-refractivity contribution in [2.45, 2.75) is 12.5 Å². The Morgan fingerprint density at radius 3 is 2.71 bits per heavy atom. The first kappa shape index (κ1) is 13.7. The fraction of sp³-hybridized carbons (Fsp3) is 0.188. The topological polar surface area (TPSA) is 50.5 Å². The van der Waals surface area contributed by atoms with E-state index in [1.807, 2.05) is 29.3 Å². The molecule has 0 saturated carbocycles. The molecule has 1 heterocycles. The van der Waals surface area contributed by atoms with E-state index in [4.69, 9.17) is 22.7 Å². The molecule has 3 rings (SSSR count). The smallest absolute Gasteiger partial charge is 0.186 e. The van der Waals surface area contributed by atoms with Gasteiger partial charge in [0, 0.05) is 0 Å². The molecule has 3 N–H and O–H groups in total. The molecule has 0 saturated heterocycles. The van der Waals surface area contributed by atoms with Crippen LogP contribution < -0.4 is 15.9 Å². The molecule has 0 aromatic heterocycles. The quantitative estimate of drug-likeness (QED) is 0.839. The van der Waals surface area contributed by atoms with E-state index in [0.717, 1.165) is 23.4 Å². The van der Waals surface area contributed by atoms with Gasteiger partial charge in [0.1, 0.15) is 5.75 Å². The molecule has 0 radical (unpaired) electrons. The van der Waals surface area contributed by atoms with Gasteiger partial charge < -0.3 is 10.5 Å². The third kappa shape index (κ3) is 2.64. The minimum Gasteiger partial charge on any atom is -0.497 e. The summed E-state index contributed by atoms with van der Waals surface area (Å²) in [6, 6.07) is 7.96. The van der Waals surface area contributed by atoms with E-state index in [0.29, 0.717) is 5.11 Å². The zero-order chi connectivity index (χ0) is 14.8. The van der Waals surface area contributed by atoms with Gasteiger partial charge in [-0.1, -0.05) is 18.2 Å². The first-order valence-corrected chi connectivity index (χ1v) is 7.17. The number of hydrogen-bond acceptors (Lipinski definition) is 3. The van der Waals surface area contributed by atoms with Crippen molar-refractivity contribution in [1.82, 2.24) is 10.4 Å². The number of nitrogens with one attached hydrogen (secondary N) is 1. The summed E-state index contributed by atoms with van der Waals surface area (Å²) in [5.41, 5.74) is 12.5. The number of hydrazine groups is 1. The molecule has 1 aliphatic heterocycles. The largest absolute Gasteiger partial charge is 0.497 e. The number of rotatable bonds is 3. The minimum atomic E-state index is 0.0644. The highest BCUT2D eigenvalue weighted by molar-refractivity contribution is 7.80. The van der Waals surface area contributed by atoms with Crippen LogP contribution in [0, 0.1) is 0 Å². The Hall–Kier alpha value is -2.27. The Labute approximate surface area is 129 Å². The van der Waals surface area contributed by atoms with Crippen molar-refractivity contribution in [2.24, 2.45) is 5.73 Å². The number of ether oxygens (including phenoxy) is 1. The van der Waals surface area contributed by atoms with Crippen molar-refractivity contribution in [3.63, 3.8) is 0 Å². The Bertz CT molecular complexity index is 646. The SMILES string of the molecule is COc1ccc(C2=CC(C3=CC=CC3)N(C(N)=S)N2)cc1. The van der Waals surface area contributed by atoms with Gasteiger partial charge in [-0.2, -0.15) is 0 Å². The van der Waals surface area contributed by atoms with E-state index >= 15 is 0 Å². The maximum atomic E-state index is 5.84. The Morgan fingerprint density at radius 2 is 2.14 bits per heavy atom. The van der Waals surface area contributed by atoms with E-state index in [1.54, 1.807) is 7.11 Å². The highest BCUT2D eigenvalue weighted by Crippen LogP contribution is 2.28. The van der Waals surface area contributed by atoms with Gasteiger partial charge in [0.25, 0.3) is 0 Å². The van der Waals surface area contributed by atoms with Crippen molar-refractivity contribution in [2.75, 3.05) is 7.11 Å². The lowest BCUT2D eigenvalue weighted by molar-refractivity contribution is 0.367. The van der Waals surface area contributed by atoms with Crippen molar-refractivity contribution in [1.29, 1.82) is 0 Å². The van der Waals surface area contributed by atoms with Gasteiger partial charge in [-0.25, -0.2) is 0 Å². The molecule has 108 valence electrons. The Morgan fingerprint density at radius 1 is 1.38 bits per heavy atom. The lowest BCUT2D eigenvalue weighted by atomic mass is 10.0. The van der Waals surface area contributed by atoms with Crippen LogP contribution in [0.15, 0.2) is 54.1 Å². The summed E-state index contributed by atoms with van der Waals surface area (Å²) in [6.07, 6.45) is 9.39. The monoisotopic (exact) mass is 299 g/mol. The van der Waals surface area contributed by atoms with Crippen molar-refractivity contribution in [3.8, 4) is 5.75 Å². The molecule has 0 amide bonds. The first-order chi connectivity index (χ1) is 10.2. The number of allylic oxidation sites excluding steroid dienone is 3. The molecule has 21 heavy (non-hydrogen) atoms. The zero-order valence-electron chi connectivity index (χ0n) is 11.7. The van der Waals surface area contributed by atoms with Gasteiger partial charge in [-0.15, -0.1) is 0 Å². The van der Waals surface area contributed by atoms with Crippen LogP contribution in [0.5, 0.6) is 5.75 Å². The van der Waals surface area contributed by atoms with E-state index < -0.39 is 0 Å². The van der Waals surface area contributed by atoms with E-state index in [2.05, 4.69) is 29.7 Å². The summed E-state index contributed by atoms with van der Waals surface area (Å²) < 4.78 is 5.19. The highest BCUT2D eigenvalue weighted by atomic mass is 32.1. The standard InChI is InChI=1S/C16H17N3OS/c1-20-13-8-6-11(7-9-13)14-10-15(12-4-2-3-5-12)19(18-14)16(17)21/h2-4,6-10,15,18H,5H2,1H3,(H2,17,21). The second kappa shape index (κ2) is 5.61. The predicted molar refractivity (Wildman–Crippen MR) is 88.4 cm³/mol. The van der Waals surface area contributed by atoms with Gasteiger partial charge in [0.15, 0.2) is 5.11 Å². The number of hydrogen-bond donors (Lipinski definition) is 2. The van der Waals surface area contributed by atoms with Crippen LogP contribution in [0.2, 0.25) is 0 Å². The summed E-state index contributed by atoms with van der Waals surface area (Å²) >= 11 is 5.15. The normalized spacial score (nSPS) is 20.0. The van der Waals surface area contributed by atoms with Crippen LogP contribution in [0.25, 0.3) is 5.70 Å². The van der Waals surface area contributed by atoms with Crippen molar-refractivity contribution >= 4 is 23.0 Å². The third-order valence-electron chi connectivity index (χ3n) is 3.66. The molecule has 1 aromatic carbocycles. The summed E-state index contributed by atoms with van der Waals surface area (Å²) in [5, 5.41) is 2.17. The third-order valence-corrected chi connectivity index (χ3v) is 3.86. The molecule has 1 atom stereocenters. The van der Waals surface area contributed by atoms with Gasteiger partial charge in [0.2, 0.25) is 0 Å². The van der Waals surface area contributed by atoms with Gasteiger partial charge in [-0.05, 0) is 60.1 Å². The molecule has 1 aromatic rings. The molecule has 0 spiro atoms. The zero-order valence-corrected chi connectivity index (χ0v) is 12.6. The lowest BCUT2D eigenvalue weighted by Crippen LogP contribution is -2.46. The number of nitrogens with zero attached hydrogens (tertiary/aromatic N) is 1. The number of thiocarbonyl (C=S) groups is 1. The van der Waals surface area contributed by atoms with Crippen LogP contribution in [-0.4, -0.2) is 23.3 Å². The van der Waals surface area contributed by atoms with Gasteiger partial charge in [-0.3, -0.25) is 10.4 Å². The summed E-state index contributed by atoms with van der Waals surface area (Å²) in [4.78, 5) is 0. The highest BCUT2D eigenvalue weighted by Gasteiger charge is 2.29. The van der Waals surface area contributed by atoms with Crippen molar-refractivity contribution in [3.05, 3.63) is 59.7 Å². The fourth-order valence-electron chi connectivity index (χ4n) is 2.55. The van der Waals surface area contributed by atoms with E-state index in [-0.39, 0.29) is 6.04 Å². The lowest BCUT2D eigenvalue weighted by Gasteiger charge is -2.26. The second-order valence-corrected chi connectivity index (χ2v) is 5.37. The van der Waals surface area contributed by atoms with Crippen LogP contribution in [-0.2, 0) is 0 Å². The van der Waals surface area contributed by atoms with Crippen LogP contribution in [0.4, 0.5) is 0 Å². The van der Waals surface area contributed by atoms with E-state index in [9.17, 15) is 0 Å². The molecule has 1 unspecified atom stereocenters. The summed E-state index contributed by atoms with van der Waals surface area (Å²) in [7, 11) is 1.66. The molecule has 1 aliphatic carbocycles. The van der Waals surface area contributed by atoms with Crippen LogP contribution >= 0.6 is 12.2 Å². The molecule has 5 heteroatoms. The van der Waals surface area contributed by atoms with E-state index in [1.165, 1.54) is 5.57 Å². The average Bonchev–Trinajstić information content (AvgIpc) is 3.16. The number of methoxy groups -OCH3 is 1. The first-order valence-electron chi connectivity index (χ1n) is 6.76. The van der Waals surface area contributed by atoms with Gasteiger partial charge in [0.05, 0.1) is 18.8 Å². The Balaban J connectivity index is 1.88. The fourth-order valence-corrected chi connectivity index (χ4v) is 2.71. The van der Waals surface area contributed by atoms with Gasteiger partial charge >= 0.3 is 0 Å². The average molecular weight is 299 g/mol. The maximum absolute atomic E-state index is 5.84. The molecule has 4 nitrogen and oxygen atoms in total. The minimum absolute atomic E-state index is 0.0644. The van der Waals surface area contributed by atoms with Crippen LogP contribution in [0.3, 0.4) is 0 Å². The molecule has 0 fully saturated rings. The molecule has 0 bridgehead atoms. The van der Waals surface area contributed by atoms with Crippen molar-refractivity contribution < 1.29 is 4.74 Å². The Kier molecular flexibility index (Phi) is 3.66. The molecular formula is C16H17N3OS. The predicted octanol–water partition coefficient (Wildman–Crippen LogP) is 2.35. The molecular weight excluding hydrogens is 282 g/mol.